The summed E-state index contributed by atoms with van der Waals surface area (Å²) in [4.78, 5) is 8.90. The van der Waals surface area contributed by atoms with E-state index in [4.69, 9.17) is 11.6 Å². The number of anilines is 3. The third-order valence-electron chi connectivity index (χ3n) is 2.81. The molecule has 0 aliphatic carbocycles. The number of benzene rings is 1. The molecule has 2 rings (SSSR count). The largest absolute Gasteiger partial charge is 0.370 e. The van der Waals surface area contributed by atoms with Crippen LogP contribution >= 0.6 is 11.6 Å². The van der Waals surface area contributed by atoms with Gasteiger partial charge in [0, 0.05) is 18.5 Å². The van der Waals surface area contributed by atoms with Crippen molar-refractivity contribution in [2.45, 2.75) is 26.7 Å². The van der Waals surface area contributed by atoms with Crippen molar-refractivity contribution in [2.75, 3.05) is 17.2 Å². The molecule has 1 heterocycles. The van der Waals surface area contributed by atoms with Gasteiger partial charge in [0.05, 0.1) is 10.7 Å². The van der Waals surface area contributed by atoms with Gasteiger partial charge in [0.1, 0.15) is 23.3 Å². The predicted molar refractivity (Wildman–Crippen MR) is 85.0 cm³/mol. The molecule has 1 aromatic carbocycles. The van der Waals surface area contributed by atoms with Crippen molar-refractivity contribution in [3.8, 4) is 0 Å². The van der Waals surface area contributed by atoms with Gasteiger partial charge in [-0.05, 0) is 25.1 Å². The van der Waals surface area contributed by atoms with Crippen LogP contribution < -0.4 is 10.6 Å². The number of aromatic nitrogens is 2. The van der Waals surface area contributed by atoms with Crippen molar-refractivity contribution >= 4 is 28.9 Å². The van der Waals surface area contributed by atoms with Gasteiger partial charge in [-0.2, -0.15) is 0 Å². The number of rotatable bonds is 5. The summed E-state index contributed by atoms with van der Waals surface area (Å²) in [5.74, 6) is 1.93. The molecule has 0 aliphatic rings. The lowest BCUT2D eigenvalue weighted by atomic mass is 10.2. The fourth-order valence-electron chi connectivity index (χ4n) is 1.79. The summed E-state index contributed by atoms with van der Waals surface area (Å²) in [6, 6.07) is 6.00. The molecule has 0 saturated carbocycles. The lowest BCUT2D eigenvalue weighted by Crippen LogP contribution is -2.07. The van der Waals surface area contributed by atoms with Crippen LogP contribution in [-0.4, -0.2) is 16.5 Å². The number of nitrogens with zero attached hydrogens (tertiary/aromatic N) is 2. The zero-order valence-corrected chi connectivity index (χ0v) is 13.0. The van der Waals surface area contributed by atoms with E-state index in [1.54, 1.807) is 12.1 Å². The zero-order chi connectivity index (χ0) is 15.4. The van der Waals surface area contributed by atoms with E-state index < -0.39 is 0 Å². The van der Waals surface area contributed by atoms with E-state index >= 15 is 0 Å². The molecular weight excluding hydrogens is 291 g/mol. The van der Waals surface area contributed by atoms with Crippen molar-refractivity contribution in [2.24, 2.45) is 0 Å². The van der Waals surface area contributed by atoms with Crippen molar-refractivity contribution in [3.05, 3.63) is 40.9 Å². The predicted octanol–water partition coefficient (Wildman–Crippen LogP) is 4.57. The molecule has 0 spiro atoms. The highest BCUT2D eigenvalue weighted by atomic mass is 35.5. The van der Waals surface area contributed by atoms with Gasteiger partial charge in [-0.3, -0.25) is 0 Å². The number of nitrogens with one attached hydrogen (secondary N) is 2. The fourth-order valence-corrected chi connectivity index (χ4v) is 2.00. The minimum absolute atomic E-state index is 0.202. The van der Waals surface area contributed by atoms with Gasteiger partial charge < -0.3 is 10.6 Å². The van der Waals surface area contributed by atoms with Gasteiger partial charge in [-0.15, -0.1) is 0 Å². The lowest BCUT2D eigenvalue weighted by molar-refractivity contribution is 0.628. The monoisotopic (exact) mass is 308 g/mol. The second-order valence-corrected chi connectivity index (χ2v) is 5.34. The van der Waals surface area contributed by atoms with Crippen LogP contribution in [0.25, 0.3) is 0 Å². The molecule has 112 valence electrons. The van der Waals surface area contributed by atoms with Gasteiger partial charge in [0.2, 0.25) is 0 Å². The quantitative estimate of drug-likeness (QED) is 0.849. The molecule has 0 bridgehead atoms. The van der Waals surface area contributed by atoms with E-state index in [9.17, 15) is 4.39 Å². The third-order valence-corrected chi connectivity index (χ3v) is 3.12. The molecule has 0 atom stereocenters. The first-order valence-electron chi connectivity index (χ1n) is 6.84. The Morgan fingerprint density at radius 3 is 2.52 bits per heavy atom. The van der Waals surface area contributed by atoms with Gasteiger partial charge in [-0.1, -0.05) is 25.4 Å². The van der Waals surface area contributed by atoms with Crippen LogP contribution in [0.1, 0.15) is 32.5 Å². The molecule has 2 aromatic rings. The Kier molecular flexibility index (Phi) is 4.96. The minimum atomic E-state index is -0.371. The Morgan fingerprint density at radius 2 is 1.90 bits per heavy atom. The van der Waals surface area contributed by atoms with E-state index in [1.807, 2.05) is 20.8 Å². The Bertz CT molecular complexity index is 631. The van der Waals surface area contributed by atoms with Gasteiger partial charge in [0.15, 0.2) is 0 Å². The van der Waals surface area contributed by atoms with E-state index in [0.29, 0.717) is 16.5 Å². The Labute approximate surface area is 128 Å². The summed E-state index contributed by atoms with van der Waals surface area (Å²) >= 11 is 6.02. The van der Waals surface area contributed by atoms with Crippen LogP contribution in [-0.2, 0) is 0 Å². The summed E-state index contributed by atoms with van der Waals surface area (Å²) in [5, 5.41) is 6.58. The molecule has 0 radical (unpaired) electrons. The van der Waals surface area contributed by atoms with Crippen LogP contribution in [0.2, 0.25) is 5.02 Å². The minimum Gasteiger partial charge on any atom is -0.370 e. The summed E-state index contributed by atoms with van der Waals surface area (Å²) in [6.45, 7) is 6.83. The van der Waals surface area contributed by atoms with Crippen molar-refractivity contribution in [3.63, 3.8) is 0 Å². The highest BCUT2D eigenvalue weighted by Crippen LogP contribution is 2.26. The zero-order valence-electron chi connectivity index (χ0n) is 12.2. The van der Waals surface area contributed by atoms with Crippen LogP contribution in [0.3, 0.4) is 0 Å². The highest BCUT2D eigenvalue weighted by Gasteiger charge is 2.09. The molecule has 6 heteroatoms. The van der Waals surface area contributed by atoms with Gasteiger partial charge >= 0.3 is 0 Å². The summed E-state index contributed by atoms with van der Waals surface area (Å²) < 4.78 is 13.1. The first kappa shape index (κ1) is 15.5. The number of halogens is 2. The maximum Gasteiger partial charge on any atom is 0.136 e. The van der Waals surface area contributed by atoms with E-state index in [2.05, 4.69) is 20.6 Å². The van der Waals surface area contributed by atoms with Crippen LogP contribution in [0.4, 0.5) is 21.7 Å². The van der Waals surface area contributed by atoms with Crippen molar-refractivity contribution in [1.82, 2.24) is 9.97 Å². The molecule has 21 heavy (non-hydrogen) atoms. The molecule has 0 aliphatic heterocycles. The second kappa shape index (κ2) is 6.72. The van der Waals surface area contributed by atoms with Gasteiger partial charge in [-0.25, -0.2) is 14.4 Å². The second-order valence-electron chi connectivity index (χ2n) is 4.93. The summed E-state index contributed by atoms with van der Waals surface area (Å²) in [7, 11) is 0. The number of hydrogen-bond donors (Lipinski definition) is 2. The molecule has 0 amide bonds. The van der Waals surface area contributed by atoms with Crippen LogP contribution in [0.15, 0.2) is 24.3 Å². The summed E-state index contributed by atoms with van der Waals surface area (Å²) in [6.07, 6.45) is 0. The first-order chi connectivity index (χ1) is 9.99. The average Bonchev–Trinajstić information content (AvgIpc) is 2.42. The standard InChI is InChI=1S/C15H18ClFN4/c1-4-18-13-8-14(21-15(20-13)9(2)3)19-12-6-5-10(17)7-11(12)16/h5-9H,4H2,1-3H3,(H2,18,19,20,21). The highest BCUT2D eigenvalue weighted by molar-refractivity contribution is 6.33. The smallest absolute Gasteiger partial charge is 0.136 e. The van der Waals surface area contributed by atoms with Gasteiger partial charge in [0.25, 0.3) is 0 Å². The maximum atomic E-state index is 13.1. The number of hydrogen-bond acceptors (Lipinski definition) is 4. The normalized spacial score (nSPS) is 10.8. The van der Waals surface area contributed by atoms with E-state index in [0.717, 1.165) is 18.2 Å². The topological polar surface area (TPSA) is 49.8 Å². The molecule has 4 nitrogen and oxygen atoms in total. The maximum absolute atomic E-state index is 13.1. The lowest BCUT2D eigenvalue weighted by Gasteiger charge is -2.13. The molecular formula is C15H18ClFN4. The van der Waals surface area contributed by atoms with Crippen molar-refractivity contribution < 1.29 is 4.39 Å². The SMILES string of the molecule is CCNc1cc(Nc2ccc(F)cc2Cl)nc(C(C)C)n1. The Hall–Kier alpha value is -1.88. The average molecular weight is 309 g/mol. The molecule has 2 N–H and O–H groups in total. The van der Waals surface area contributed by atoms with E-state index in [1.165, 1.54) is 12.1 Å². The molecule has 0 unspecified atom stereocenters. The molecule has 0 fully saturated rings. The van der Waals surface area contributed by atoms with Crippen LogP contribution in [0, 0.1) is 5.82 Å². The van der Waals surface area contributed by atoms with E-state index in [-0.39, 0.29) is 11.7 Å². The Morgan fingerprint density at radius 1 is 1.19 bits per heavy atom. The Balaban J connectivity index is 2.33. The third kappa shape index (κ3) is 4.04. The van der Waals surface area contributed by atoms with Crippen LogP contribution in [0.5, 0.6) is 0 Å². The molecule has 0 saturated heterocycles. The summed E-state index contributed by atoms with van der Waals surface area (Å²) in [5.41, 5.74) is 0.605. The molecule has 1 aromatic heterocycles. The fraction of sp³-hybridized carbons (Fsp3) is 0.333. The first-order valence-corrected chi connectivity index (χ1v) is 7.22. The van der Waals surface area contributed by atoms with Crippen molar-refractivity contribution in [1.29, 1.82) is 0 Å².